The zero-order valence-electron chi connectivity index (χ0n) is 10.6. The smallest absolute Gasteiger partial charge is 0.0240 e. The lowest BCUT2D eigenvalue weighted by molar-refractivity contribution is 0.199. The Bertz CT molecular complexity index is 340. The maximum Gasteiger partial charge on any atom is 0.0240 e. The zero-order chi connectivity index (χ0) is 11.5. The van der Waals surface area contributed by atoms with Crippen molar-refractivity contribution in [3.05, 3.63) is 34.9 Å². The quantitative estimate of drug-likeness (QED) is 0.818. The van der Waals surface area contributed by atoms with Crippen molar-refractivity contribution in [3.8, 4) is 0 Å². The van der Waals surface area contributed by atoms with Crippen molar-refractivity contribution in [3.63, 3.8) is 0 Å². The third kappa shape index (κ3) is 2.63. The molecule has 1 aromatic rings. The maximum atomic E-state index is 3.49. The zero-order valence-corrected chi connectivity index (χ0v) is 10.6. The number of benzene rings is 1. The van der Waals surface area contributed by atoms with Crippen LogP contribution < -0.4 is 5.32 Å². The van der Waals surface area contributed by atoms with E-state index in [1.807, 2.05) is 0 Å². The van der Waals surface area contributed by atoms with Crippen LogP contribution in [0.2, 0.25) is 0 Å². The number of hydrogen-bond donors (Lipinski definition) is 1. The molecule has 88 valence electrons. The van der Waals surface area contributed by atoms with E-state index >= 15 is 0 Å². The largest absolute Gasteiger partial charge is 0.312 e. The van der Waals surface area contributed by atoms with Gasteiger partial charge < -0.3 is 5.32 Å². The minimum absolute atomic E-state index is 0.623. The summed E-state index contributed by atoms with van der Waals surface area (Å²) in [7, 11) is 0. The minimum atomic E-state index is 0.623. The van der Waals surface area contributed by atoms with Gasteiger partial charge in [-0.1, -0.05) is 18.2 Å². The van der Waals surface area contributed by atoms with Crippen molar-refractivity contribution in [1.29, 1.82) is 0 Å². The molecule has 1 atom stereocenters. The molecule has 2 nitrogen and oxygen atoms in total. The predicted molar refractivity (Wildman–Crippen MR) is 68.7 cm³/mol. The molecule has 0 amide bonds. The Balaban J connectivity index is 2.08. The third-order valence-corrected chi connectivity index (χ3v) is 3.48. The molecular formula is C14H22N2. The summed E-state index contributed by atoms with van der Waals surface area (Å²) in [6.45, 7) is 11.2. The second kappa shape index (κ2) is 4.98. The van der Waals surface area contributed by atoms with Crippen molar-refractivity contribution in [1.82, 2.24) is 10.2 Å². The van der Waals surface area contributed by atoms with Crippen molar-refractivity contribution < 1.29 is 0 Å². The summed E-state index contributed by atoms with van der Waals surface area (Å²) in [4.78, 5) is 2.55. The van der Waals surface area contributed by atoms with Crippen LogP contribution in [-0.2, 0) is 6.54 Å². The van der Waals surface area contributed by atoms with Gasteiger partial charge in [0.05, 0.1) is 0 Å². The average molecular weight is 218 g/mol. The number of nitrogens with one attached hydrogen (secondary N) is 1. The summed E-state index contributed by atoms with van der Waals surface area (Å²) >= 11 is 0. The van der Waals surface area contributed by atoms with Crippen LogP contribution in [0.15, 0.2) is 18.2 Å². The van der Waals surface area contributed by atoms with Gasteiger partial charge in [-0.25, -0.2) is 0 Å². The first-order valence-electron chi connectivity index (χ1n) is 6.17. The highest BCUT2D eigenvalue weighted by Crippen LogP contribution is 2.16. The summed E-state index contributed by atoms with van der Waals surface area (Å²) in [5.74, 6) is 0. The molecule has 0 spiro atoms. The molecule has 1 aliphatic heterocycles. The van der Waals surface area contributed by atoms with E-state index in [1.165, 1.54) is 16.7 Å². The molecular weight excluding hydrogens is 196 g/mol. The molecule has 1 heterocycles. The van der Waals surface area contributed by atoms with E-state index in [0.717, 1.165) is 26.2 Å². The lowest BCUT2D eigenvalue weighted by Gasteiger charge is -2.32. The number of aryl methyl sites for hydroxylation is 2. The summed E-state index contributed by atoms with van der Waals surface area (Å²) in [5.41, 5.74) is 4.36. The molecule has 1 aliphatic rings. The second-order valence-corrected chi connectivity index (χ2v) is 4.96. The standard InChI is InChI=1S/C14H22N2/c1-11-5-4-6-12(2)14(11)10-16-8-7-15-13(3)9-16/h4-6,13,15H,7-10H2,1-3H3. The molecule has 0 aliphatic carbocycles. The molecule has 1 saturated heterocycles. The van der Waals surface area contributed by atoms with Crippen molar-refractivity contribution in [2.45, 2.75) is 33.4 Å². The Morgan fingerprint density at radius 1 is 1.31 bits per heavy atom. The second-order valence-electron chi connectivity index (χ2n) is 4.96. The predicted octanol–water partition coefficient (Wildman–Crippen LogP) is 2.10. The monoisotopic (exact) mass is 218 g/mol. The van der Waals surface area contributed by atoms with E-state index < -0.39 is 0 Å². The molecule has 16 heavy (non-hydrogen) atoms. The van der Waals surface area contributed by atoms with E-state index in [2.05, 4.69) is 49.2 Å². The van der Waals surface area contributed by atoms with Crippen LogP contribution in [0.4, 0.5) is 0 Å². The fraction of sp³-hybridized carbons (Fsp3) is 0.571. The van der Waals surface area contributed by atoms with Gasteiger partial charge >= 0.3 is 0 Å². The third-order valence-electron chi connectivity index (χ3n) is 3.48. The fourth-order valence-corrected chi connectivity index (χ4v) is 2.48. The van der Waals surface area contributed by atoms with Crippen molar-refractivity contribution in [2.24, 2.45) is 0 Å². The van der Waals surface area contributed by atoms with E-state index in [9.17, 15) is 0 Å². The van der Waals surface area contributed by atoms with E-state index in [0.29, 0.717) is 6.04 Å². The first-order chi connectivity index (χ1) is 7.66. The number of rotatable bonds is 2. The summed E-state index contributed by atoms with van der Waals surface area (Å²) < 4.78 is 0. The molecule has 0 saturated carbocycles. The van der Waals surface area contributed by atoms with Crippen molar-refractivity contribution >= 4 is 0 Å². The number of piperazine rings is 1. The van der Waals surface area contributed by atoms with Gasteiger partial charge in [-0.15, -0.1) is 0 Å². The molecule has 1 N–H and O–H groups in total. The van der Waals surface area contributed by atoms with Crippen LogP contribution >= 0.6 is 0 Å². The van der Waals surface area contributed by atoms with Crippen LogP contribution in [0, 0.1) is 13.8 Å². The number of hydrogen-bond acceptors (Lipinski definition) is 2. The van der Waals surface area contributed by atoms with Crippen LogP contribution in [0.5, 0.6) is 0 Å². The molecule has 2 heteroatoms. The van der Waals surface area contributed by atoms with Gasteiger partial charge in [-0.2, -0.15) is 0 Å². The van der Waals surface area contributed by atoms with E-state index in [-0.39, 0.29) is 0 Å². The topological polar surface area (TPSA) is 15.3 Å². The van der Waals surface area contributed by atoms with E-state index in [4.69, 9.17) is 0 Å². The molecule has 0 aromatic heterocycles. The van der Waals surface area contributed by atoms with Crippen molar-refractivity contribution in [2.75, 3.05) is 19.6 Å². The van der Waals surface area contributed by atoms with Gasteiger partial charge in [0, 0.05) is 32.2 Å². The van der Waals surface area contributed by atoms with Gasteiger partial charge in [-0.3, -0.25) is 4.90 Å². The summed E-state index contributed by atoms with van der Waals surface area (Å²) in [6.07, 6.45) is 0. The fourth-order valence-electron chi connectivity index (χ4n) is 2.48. The molecule has 1 aromatic carbocycles. The molecule has 0 bridgehead atoms. The Morgan fingerprint density at radius 2 is 2.00 bits per heavy atom. The maximum absolute atomic E-state index is 3.49. The molecule has 1 fully saturated rings. The highest BCUT2D eigenvalue weighted by Gasteiger charge is 2.16. The lowest BCUT2D eigenvalue weighted by atomic mass is 10.0. The molecule has 1 unspecified atom stereocenters. The highest BCUT2D eigenvalue weighted by molar-refractivity contribution is 5.33. The first-order valence-corrected chi connectivity index (χ1v) is 6.17. The lowest BCUT2D eigenvalue weighted by Crippen LogP contribution is -2.48. The van der Waals surface area contributed by atoms with Crippen LogP contribution in [0.25, 0.3) is 0 Å². The molecule has 2 rings (SSSR count). The normalized spacial score (nSPS) is 22.3. The Morgan fingerprint density at radius 3 is 2.62 bits per heavy atom. The Hall–Kier alpha value is -0.860. The number of nitrogens with zero attached hydrogens (tertiary/aromatic N) is 1. The minimum Gasteiger partial charge on any atom is -0.312 e. The summed E-state index contributed by atoms with van der Waals surface area (Å²) in [5, 5.41) is 3.49. The molecule has 0 radical (unpaired) electrons. The van der Waals surface area contributed by atoms with Crippen LogP contribution in [0.1, 0.15) is 23.6 Å². The van der Waals surface area contributed by atoms with Crippen LogP contribution in [0.3, 0.4) is 0 Å². The average Bonchev–Trinajstić information content (AvgIpc) is 2.24. The highest BCUT2D eigenvalue weighted by atomic mass is 15.2. The van der Waals surface area contributed by atoms with E-state index in [1.54, 1.807) is 0 Å². The van der Waals surface area contributed by atoms with Crippen LogP contribution in [-0.4, -0.2) is 30.6 Å². The summed E-state index contributed by atoms with van der Waals surface area (Å²) in [6, 6.07) is 7.20. The Labute approximate surface area is 98.7 Å². The SMILES string of the molecule is Cc1cccc(C)c1CN1CCNC(C)C1. The van der Waals surface area contributed by atoms with Gasteiger partial charge in [0.2, 0.25) is 0 Å². The van der Waals surface area contributed by atoms with Gasteiger partial charge in [0.1, 0.15) is 0 Å². The van der Waals surface area contributed by atoms with Gasteiger partial charge in [0.25, 0.3) is 0 Å². The Kier molecular flexibility index (Phi) is 3.62. The van der Waals surface area contributed by atoms with Gasteiger partial charge in [0.15, 0.2) is 0 Å². The first kappa shape index (κ1) is 11.6. The van der Waals surface area contributed by atoms with Gasteiger partial charge in [-0.05, 0) is 37.5 Å².